The van der Waals surface area contributed by atoms with E-state index in [4.69, 9.17) is 0 Å². The molecule has 0 unspecified atom stereocenters. The Hall–Kier alpha value is -1.51. The van der Waals surface area contributed by atoms with Gasteiger partial charge in [-0.15, -0.1) is 0 Å². The van der Waals surface area contributed by atoms with Crippen LogP contribution in [0.5, 0.6) is 0 Å². The van der Waals surface area contributed by atoms with E-state index in [0.29, 0.717) is 6.42 Å². The van der Waals surface area contributed by atoms with Crippen molar-refractivity contribution in [3.05, 3.63) is 23.8 Å². The molecule has 1 aromatic carbocycles. The molecule has 0 aromatic heterocycles. The highest BCUT2D eigenvalue weighted by molar-refractivity contribution is 6.01. The van der Waals surface area contributed by atoms with E-state index in [2.05, 4.69) is 5.32 Å². The smallest absolute Gasteiger partial charge is 0.231 e. The number of likely N-dealkylation sites (N-methyl/N-ethyl adjacent to an activating group) is 1. The van der Waals surface area contributed by atoms with E-state index in [1.807, 2.05) is 32.3 Å². The molecular weight excluding hydrogens is 164 g/mol. The minimum Gasteiger partial charge on any atom is -0.388 e. The molecule has 2 rings (SSSR count). The molecule has 0 radical (unpaired) electrons. The van der Waals surface area contributed by atoms with Crippen molar-refractivity contribution in [3.8, 4) is 0 Å². The van der Waals surface area contributed by atoms with E-state index < -0.39 is 0 Å². The Balaban J connectivity index is 2.46. The third-order valence-corrected chi connectivity index (χ3v) is 2.45. The molecule has 1 amide bonds. The Morgan fingerprint density at radius 1 is 1.46 bits per heavy atom. The van der Waals surface area contributed by atoms with Crippen molar-refractivity contribution < 1.29 is 4.79 Å². The normalized spacial score (nSPS) is 14.6. The molecule has 0 bridgehead atoms. The number of carbonyl (C=O) groups excluding carboxylic acids is 1. The maximum absolute atomic E-state index is 11.3. The van der Waals surface area contributed by atoms with Gasteiger partial charge in [0.1, 0.15) is 0 Å². The fraction of sp³-hybridized carbons (Fsp3) is 0.300. The standard InChI is InChI=1S/C10H12N2O/c1-11-8-3-4-9-7(5-8)6-10(13)12(9)2/h3-5,11H,6H2,1-2H3. The third kappa shape index (κ3) is 1.16. The summed E-state index contributed by atoms with van der Waals surface area (Å²) in [5, 5.41) is 3.06. The van der Waals surface area contributed by atoms with Crippen molar-refractivity contribution in [2.75, 3.05) is 24.3 Å². The Kier molecular flexibility index (Phi) is 1.72. The molecule has 3 nitrogen and oxygen atoms in total. The zero-order valence-corrected chi connectivity index (χ0v) is 7.79. The summed E-state index contributed by atoms with van der Waals surface area (Å²) in [7, 11) is 3.69. The van der Waals surface area contributed by atoms with Crippen molar-refractivity contribution in [1.29, 1.82) is 0 Å². The van der Waals surface area contributed by atoms with Crippen molar-refractivity contribution in [2.24, 2.45) is 0 Å². The summed E-state index contributed by atoms with van der Waals surface area (Å²) in [5.41, 5.74) is 3.20. The molecule has 1 aromatic rings. The quantitative estimate of drug-likeness (QED) is 0.698. The van der Waals surface area contributed by atoms with Crippen LogP contribution >= 0.6 is 0 Å². The number of nitrogens with one attached hydrogen (secondary N) is 1. The average molecular weight is 176 g/mol. The van der Waals surface area contributed by atoms with Gasteiger partial charge in [-0.25, -0.2) is 0 Å². The van der Waals surface area contributed by atoms with Gasteiger partial charge in [-0.2, -0.15) is 0 Å². The van der Waals surface area contributed by atoms with Gasteiger partial charge in [0.15, 0.2) is 0 Å². The molecule has 1 N–H and O–H groups in total. The Labute approximate surface area is 77.4 Å². The molecule has 1 aliphatic heterocycles. The number of nitrogens with zero attached hydrogens (tertiary/aromatic N) is 1. The Morgan fingerprint density at radius 2 is 2.23 bits per heavy atom. The predicted molar refractivity (Wildman–Crippen MR) is 53.1 cm³/mol. The number of benzene rings is 1. The topological polar surface area (TPSA) is 32.3 Å². The molecule has 1 heterocycles. The van der Waals surface area contributed by atoms with Crippen LogP contribution in [0.2, 0.25) is 0 Å². The summed E-state index contributed by atoms with van der Waals surface area (Å²) in [5.74, 6) is 0.170. The van der Waals surface area contributed by atoms with E-state index in [0.717, 1.165) is 16.9 Å². The first-order chi connectivity index (χ1) is 6.22. The molecule has 0 aliphatic carbocycles. The van der Waals surface area contributed by atoms with Gasteiger partial charge in [0.2, 0.25) is 5.91 Å². The van der Waals surface area contributed by atoms with E-state index in [9.17, 15) is 4.79 Å². The number of hydrogen-bond acceptors (Lipinski definition) is 2. The van der Waals surface area contributed by atoms with Gasteiger partial charge >= 0.3 is 0 Å². The van der Waals surface area contributed by atoms with Gasteiger partial charge in [0.25, 0.3) is 0 Å². The molecule has 0 saturated heterocycles. The first-order valence-corrected chi connectivity index (χ1v) is 4.29. The van der Waals surface area contributed by atoms with Gasteiger partial charge in [0, 0.05) is 25.5 Å². The van der Waals surface area contributed by atoms with Crippen molar-refractivity contribution in [3.63, 3.8) is 0 Å². The first-order valence-electron chi connectivity index (χ1n) is 4.29. The SMILES string of the molecule is CNc1ccc2c(c1)CC(=O)N2C. The second kappa shape index (κ2) is 2.76. The monoisotopic (exact) mass is 176 g/mol. The van der Waals surface area contributed by atoms with Crippen molar-refractivity contribution >= 4 is 17.3 Å². The minimum absolute atomic E-state index is 0.170. The van der Waals surface area contributed by atoms with Crippen molar-refractivity contribution in [2.45, 2.75) is 6.42 Å². The van der Waals surface area contributed by atoms with Gasteiger partial charge in [-0.05, 0) is 23.8 Å². The van der Waals surface area contributed by atoms with Crippen LogP contribution in [-0.4, -0.2) is 20.0 Å². The van der Waals surface area contributed by atoms with Crippen molar-refractivity contribution in [1.82, 2.24) is 0 Å². The molecule has 68 valence electrons. The summed E-state index contributed by atoms with van der Waals surface area (Å²) < 4.78 is 0. The summed E-state index contributed by atoms with van der Waals surface area (Å²) >= 11 is 0. The summed E-state index contributed by atoms with van der Waals surface area (Å²) in [6, 6.07) is 5.98. The Bertz CT molecular complexity index is 360. The zero-order valence-electron chi connectivity index (χ0n) is 7.79. The predicted octanol–water partition coefficient (Wildman–Crippen LogP) is 1.25. The minimum atomic E-state index is 0.170. The zero-order chi connectivity index (χ0) is 9.42. The number of amides is 1. The molecule has 0 fully saturated rings. The lowest BCUT2D eigenvalue weighted by atomic mass is 10.1. The maximum atomic E-state index is 11.3. The van der Waals surface area contributed by atoms with Crippen LogP contribution in [0.4, 0.5) is 11.4 Å². The lowest BCUT2D eigenvalue weighted by Crippen LogP contribution is -2.20. The second-order valence-corrected chi connectivity index (χ2v) is 3.22. The molecule has 13 heavy (non-hydrogen) atoms. The molecule has 0 spiro atoms. The van der Waals surface area contributed by atoms with Gasteiger partial charge in [0.05, 0.1) is 6.42 Å². The lowest BCUT2D eigenvalue weighted by molar-refractivity contribution is -0.117. The number of fused-ring (bicyclic) bond motifs is 1. The highest BCUT2D eigenvalue weighted by atomic mass is 16.2. The van der Waals surface area contributed by atoms with Crippen LogP contribution in [0.25, 0.3) is 0 Å². The van der Waals surface area contributed by atoms with E-state index in [1.165, 1.54) is 0 Å². The molecule has 3 heteroatoms. The van der Waals surface area contributed by atoms with Crippen LogP contribution in [0.3, 0.4) is 0 Å². The van der Waals surface area contributed by atoms with Gasteiger partial charge in [-0.3, -0.25) is 4.79 Å². The fourth-order valence-electron chi connectivity index (χ4n) is 1.63. The van der Waals surface area contributed by atoms with E-state index >= 15 is 0 Å². The fourth-order valence-corrected chi connectivity index (χ4v) is 1.63. The molecule has 1 aliphatic rings. The van der Waals surface area contributed by atoms with Crippen LogP contribution in [0.1, 0.15) is 5.56 Å². The third-order valence-electron chi connectivity index (χ3n) is 2.45. The molecule has 0 saturated carbocycles. The summed E-state index contributed by atoms with van der Waals surface area (Å²) in [4.78, 5) is 13.0. The Morgan fingerprint density at radius 3 is 2.92 bits per heavy atom. The largest absolute Gasteiger partial charge is 0.388 e. The van der Waals surface area contributed by atoms with E-state index in [-0.39, 0.29) is 5.91 Å². The lowest BCUT2D eigenvalue weighted by Gasteiger charge is -2.10. The number of hydrogen-bond donors (Lipinski definition) is 1. The average Bonchev–Trinajstić information content (AvgIpc) is 2.42. The van der Waals surface area contributed by atoms with Crippen LogP contribution < -0.4 is 10.2 Å². The van der Waals surface area contributed by atoms with Crippen LogP contribution in [0.15, 0.2) is 18.2 Å². The summed E-state index contributed by atoms with van der Waals surface area (Å²) in [6.07, 6.45) is 0.529. The van der Waals surface area contributed by atoms with E-state index in [1.54, 1.807) is 4.90 Å². The maximum Gasteiger partial charge on any atom is 0.231 e. The number of carbonyl (C=O) groups is 1. The number of anilines is 2. The van der Waals surface area contributed by atoms with Crippen LogP contribution in [-0.2, 0) is 11.2 Å². The van der Waals surface area contributed by atoms with Crippen LogP contribution in [0, 0.1) is 0 Å². The first kappa shape index (κ1) is 8.10. The second-order valence-electron chi connectivity index (χ2n) is 3.22. The summed E-state index contributed by atoms with van der Waals surface area (Å²) in [6.45, 7) is 0. The van der Waals surface area contributed by atoms with Gasteiger partial charge in [-0.1, -0.05) is 0 Å². The molecular formula is C10H12N2O. The highest BCUT2D eigenvalue weighted by Crippen LogP contribution is 2.29. The molecule has 0 atom stereocenters. The van der Waals surface area contributed by atoms with Gasteiger partial charge < -0.3 is 10.2 Å². The highest BCUT2D eigenvalue weighted by Gasteiger charge is 2.23. The number of rotatable bonds is 1.